The number of hydrogen-bond acceptors (Lipinski definition) is 3. The molecule has 0 saturated carbocycles. The number of nitrogens with zero attached hydrogens (tertiary/aromatic N) is 1. The number of thiophene rings is 1. The highest BCUT2D eigenvalue weighted by Crippen LogP contribution is 2.38. The van der Waals surface area contributed by atoms with E-state index in [1.807, 2.05) is 4.90 Å². The van der Waals surface area contributed by atoms with Crippen LogP contribution in [0.3, 0.4) is 0 Å². The molecule has 0 aromatic carbocycles. The van der Waals surface area contributed by atoms with Crippen LogP contribution in [0.1, 0.15) is 49.6 Å². The monoisotopic (exact) mass is 292 g/mol. The van der Waals surface area contributed by atoms with E-state index in [0.717, 1.165) is 19.3 Å². The second-order valence-corrected chi connectivity index (χ2v) is 7.13. The molecule has 1 atom stereocenters. The van der Waals surface area contributed by atoms with Gasteiger partial charge in [0.25, 0.3) is 0 Å². The molecule has 1 aromatic heterocycles. The summed E-state index contributed by atoms with van der Waals surface area (Å²) in [4.78, 5) is 27.9. The number of aryl methyl sites for hydroxylation is 1. The van der Waals surface area contributed by atoms with Crippen LogP contribution in [0.2, 0.25) is 0 Å². The lowest BCUT2D eigenvalue weighted by Crippen LogP contribution is -2.53. The van der Waals surface area contributed by atoms with E-state index >= 15 is 0 Å². The van der Waals surface area contributed by atoms with E-state index in [-0.39, 0.29) is 17.9 Å². The predicted octanol–water partition coefficient (Wildman–Crippen LogP) is 2.25. The van der Waals surface area contributed by atoms with E-state index in [4.69, 9.17) is 0 Å². The normalized spacial score (nSPS) is 25.9. The molecule has 1 unspecified atom stereocenters. The zero-order chi connectivity index (χ0) is 14.3. The van der Waals surface area contributed by atoms with Gasteiger partial charge in [0.1, 0.15) is 5.54 Å². The van der Waals surface area contributed by atoms with Crippen molar-refractivity contribution >= 4 is 23.2 Å². The van der Waals surface area contributed by atoms with Crippen molar-refractivity contribution in [2.75, 3.05) is 6.54 Å². The maximum atomic E-state index is 12.8. The van der Waals surface area contributed by atoms with E-state index < -0.39 is 5.54 Å². The van der Waals surface area contributed by atoms with Crippen LogP contribution in [0, 0.1) is 0 Å². The summed E-state index contributed by atoms with van der Waals surface area (Å²) in [5.74, 6) is -0.000369. The molecule has 0 spiro atoms. The van der Waals surface area contributed by atoms with Crippen molar-refractivity contribution in [3.8, 4) is 0 Å². The molecule has 2 amide bonds. The zero-order valence-corrected chi connectivity index (χ0v) is 12.8. The lowest BCUT2D eigenvalue weighted by atomic mass is 9.91. The van der Waals surface area contributed by atoms with Crippen LogP contribution in [0.25, 0.3) is 0 Å². The molecular weight excluding hydrogens is 272 g/mol. The Kier molecular flexibility index (Phi) is 3.32. The molecule has 0 bridgehead atoms. The van der Waals surface area contributed by atoms with E-state index in [1.54, 1.807) is 25.2 Å². The fraction of sp³-hybridized carbons (Fsp3) is 0.600. The Morgan fingerprint density at radius 1 is 1.35 bits per heavy atom. The fourth-order valence-corrected chi connectivity index (χ4v) is 4.21. The molecule has 5 heteroatoms. The number of fused-ring (bicyclic) bond motifs is 1. The Bertz CT molecular complexity index is 550. The minimum absolute atomic E-state index is 0.0346. The number of nitrogens with one attached hydrogen (secondary N) is 1. The van der Waals surface area contributed by atoms with Crippen molar-refractivity contribution < 1.29 is 9.59 Å². The quantitative estimate of drug-likeness (QED) is 0.863. The average Bonchev–Trinajstić information content (AvgIpc) is 2.83. The zero-order valence-electron chi connectivity index (χ0n) is 11.9. The Morgan fingerprint density at radius 2 is 2.15 bits per heavy atom. The molecule has 1 saturated heterocycles. The standard InChI is InChI=1S/C15H20N2O2S/c1-15(2)14(19)17(8-6-13(18)16-15)11-4-3-5-12-10(11)7-9-20-12/h7,9,11H,3-6,8H2,1-2H3,(H,16,18). The van der Waals surface area contributed by atoms with Gasteiger partial charge in [0.2, 0.25) is 11.8 Å². The number of hydrogen-bond donors (Lipinski definition) is 1. The first kappa shape index (κ1) is 13.6. The van der Waals surface area contributed by atoms with Crippen molar-refractivity contribution in [2.24, 2.45) is 0 Å². The van der Waals surface area contributed by atoms with Gasteiger partial charge in [0.05, 0.1) is 6.04 Å². The first-order valence-corrected chi connectivity index (χ1v) is 8.05. The molecule has 0 radical (unpaired) electrons. The third-order valence-electron chi connectivity index (χ3n) is 4.22. The van der Waals surface area contributed by atoms with Crippen molar-refractivity contribution in [1.29, 1.82) is 0 Å². The van der Waals surface area contributed by atoms with Crippen LogP contribution in [0.4, 0.5) is 0 Å². The van der Waals surface area contributed by atoms with Gasteiger partial charge in [-0.3, -0.25) is 9.59 Å². The summed E-state index contributed by atoms with van der Waals surface area (Å²) >= 11 is 1.78. The van der Waals surface area contributed by atoms with E-state index in [9.17, 15) is 9.59 Å². The fourth-order valence-electron chi connectivity index (χ4n) is 3.23. The lowest BCUT2D eigenvalue weighted by molar-refractivity contribution is -0.139. The molecule has 1 N–H and O–H groups in total. The molecule has 108 valence electrons. The Labute approximate surface area is 123 Å². The van der Waals surface area contributed by atoms with Crippen LogP contribution in [0.5, 0.6) is 0 Å². The minimum Gasteiger partial charge on any atom is -0.342 e. The number of rotatable bonds is 1. The Balaban J connectivity index is 1.94. The summed E-state index contributed by atoms with van der Waals surface area (Å²) in [5, 5.41) is 4.94. The van der Waals surface area contributed by atoms with Crippen molar-refractivity contribution in [2.45, 2.75) is 51.1 Å². The van der Waals surface area contributed by atoms with Crippen LogP contribution >= 0.6 is 11.3 Å². The van der Waals surface area contributed by atoms with Gasteiger partial charge in [0, 0.05) is 17.8 Å². The molecule has 1 fully saturated rings. The van der Waals surface area contributed by atoms with Gasteiger partial charge < -0.3 is 10.2 Å². The smallest absolute Gasteiger partial charge is 0.248 e. The molecule has 3 rings (SSSR count). The van der Waals surface area contributed by atoms with Crippen molar-refractivity contribution in [1.82, 2.24) is 10.2 Å². The minimum atomic E-state index is -0.804. The van der Waals surface area contributed by atoms with Gasteiger partial charge in [-0.25, -0.2) is 0 Å². The van der Waals surface area contributed by atoms with Crippen LogP contribution in [-0.2, 0) is 16.0 Å². The van der Waals surface area contributed by atoms with Crippen molar-refractivity contribution in [3.63, 3.8) is 0 Å². The molecule has 2 aliphatic rings. The van der Waals surface area contributed by atoms with Gasteiger partial charge in [-0.1, -0.05) is 0 Å². The summed E-state index contributed by atoms with van der Waals surface area (Å²) in [6.07, 6.45) is 3.63. The highest BCUT2D eigenvalue weighted by Gasteiger charge is 2.40. The maximum absolute atomic E-state index is 12.8. The number of amides is 2. The van der Waals surface area contributed by atoms with Gasteiger partial charge >= 0.3 is 0 Å². The van der Waals surface area contributed by atoms with Gasteiger partial charge in [0.15, 0.2) is 0 Å². The largest absolute Gasteiger partial charge is 0.342 e. The third kappa shape index (κ3) is 2.24. The van der Waals surface area contributed by atoms with E-state index in [0.29, 0.717) is 13.0 Å². The predicted molar refractivity (Wildman–Crippen MR) is 78.5 cm³/mol. The first-order valence-electron chi connectivity index (χ1n) is 7.17. The van der Waals surface area contributed by atoms with E-state index in [2.05, 4.69) is 16.8 Å². The summed E-state index contributed by atoms with van der Waals surface area (Å²) < 4.78 is 0. The summed E-state index contributed by atoms with van der Waals surface area (Å²) in [5.41, 5.74) is 0.487. The number of carbonyl (C=O) groups is 2. The second kappa shape index (κ2) is 4.88. The molecule has 4 nitrogen and oxygen atoms in total. The topological polar surface area (TPSA) is 49.4 Å². The Morgan fingerprint density at radius 3 is 2.95 bits per heavy atom. The van der Waals surface area contributed by atoms with Crippen LogP contribution in [-0.4, -0.2) is 28.8 Å². The summed E-state index contributed by atoms with van der Waals surface area (Å²) in [7, 11) is 0. The molecule has 1 aromatic rings. The van der Waals surface area contributed by atoms with Gasteiger partial charge in [-0.2, -0.15) is 0 Å². The first-order chi connectivity index (χ1) is 9.49. The molecule has 2 heterocycles. The summed E-state index contributed by atoms with van der Waals surface area (Å²) in [6.45, 7) is 4.11. The van der Waals surface area contributed by atoms with Crippen molar-refractivity contribution in [3.05, 3.63) is 21.9 Å². The highest BCUT2D eigenvalue weighted by atomic mass is 32.1. The van der Waals surface area contributed by atoms with Gasteiger partial charge in [-0.15, -0.1) is 11.3 Å². The second-order valence-electron chi connectivity index (χ2n) is 6.13. The average molecular weight is 292 g/mol. The van der Waals surface area contributed by atoms with Crippen LogP contribution < -0.4 is 5.32 Å². The number of carbonyl (C=O) groups excluding carboxylic acids is 2. The lowest BCUT2D eigenvalue weighted by Gasteiger charge is -2.37. The maximum Gasteiger partial charge on any atom is 0.248 e. The molecule has 1 aliphatic carbocycles. The Hall–Kier alpha value is -1.36. The van der Waals surface area contributed by atoms with Gasteiger partial charge in [-0.05, 0) is 50.1 Å². The third-order valence-corrected chi connectivity index (χ3v) is 5.22. The SMILES string of the molecule is CC1(C)NC(=O)CCN(C2CCCc3sccc32)C1=O. The highest BCUT2D eigenvalue weighted by molar-refractivity contribution is 7.10. The summed E-state index contributed by atoms with van der Waals surface area (Å²) in [6, 6.07) is 2.29. The van der Waals surface area contributed by atoms with Crippen LogP contribution in [0.15, 0.2) is 11.4 Å². The molecular formula is C15H20N2O2S. The van der Waals surface area contributed by atoms with E-state index in [1.165, 1.54) is 10.4 Å². The molecule has 20 heavy (non-hydrogen) atoms. The molecule has 1 aliphatic heterocycles.